The van der Waals surface area contributed by atoms with Gasteiger partial charge in [-0.05, 0) is 87.1 Å². The van der Waals surface area contributed by atoms with Gasteiger partial charge in [0.15, 0.2) is 0 Å². The Morgan fingerprint density at radius 3 is 2.48 bits per heavy atom. The van der Waals surface area contributed by atoms with E-state index in [1.807, 2.05) is 54.6 Å². The van der Waals surface area contributed by atoms with Gasteiger partial charge in [-0.25, -0.2) is 4.98 Å². The van der Waals surface area contributed by atoms with Crippen LogP contribution in [0.15, 0.2) is 66.7 Å². The molecular formula is C30H31ClN6O3. The first-order chi connectivity index (χ1) is 19.5. The number of hydrogen-bond donors (Lipinski definition) is 2. The first-order valence-corrected chi connectivity index (χ1v) is 13.9. The molecule has 1 aromatic heterocycles. The summed E-state index contributed by atoms with van der Waals surface area (Å²) in [6, 6.07) is 20.1. The Balaban J connectivity index is 1.25. The van der Waals surface area contributed by atoms with E-state index >= 15 is 0 Å². The van der Waals surface area contributed by atoms with Crippen LogP contribution in [-0.4, -0.2) is 66.6 Å². The van der Waals surface area contributed by atoms with Crippen molar-refractivity contribution in [3.05, 3.63) is 71.8 Å². The van der Waals surface area contributed by atoms with Crippen LogP contribution in [0.4, 0.5) is 11.6 Å². The molecule has 2 fully saturated rings. The number of rotatable bonds is 7. The third-order valence-corrected chi connectivity index (χ3v) is 7.39. The second-order valence-electron chi connectivity index (χ2n) is 10.1. The molecule has 3 aromatic carbocycles. The zero-order valence-corrected chi connectivity index (χ0v) is 23.0. The molecule has 2 saturated heterocycles. The third-order valence-electron chi connectivity index (χ3n) is 7.15. The van der Waals surface area contributed by atoms with Gasteiger partial charge in [-0.2, -0.15) is 4.98 Å². The Hall–Kier alpha value is -3.92. The maximum absolute atomic E-state index is 12.4. The number of ether oxygens (including phenoxy) is 2. The van der Waals surface area contributed by atoms with Crippen molar-refractivity contribution in [1.82, 2.24) is 20.2 Å². The van der Waals surface area contributed by atoms with Crippen LogP contribution in [0.25, 0.3) is 10.9 Å². The lowest BCUT2D eigenvalue weighted by Crippen LogP contribution is -2.45. The molecule has 10 heteroatoms. The van der Waals surface area contributed by atoms with Crippen LogP contribution in [0.2, 0.25) is 5.02 Å². The molecule has 2 aliphatic rings. The molecule has 0 spiro atoms. The number of piperazine rings is 1. The Bertz CT molecular complexity index is 1500. The highest BCUT2D eigenvalue weighted by Crippen LogP contribution is 2.34. The minimum atomic E-state index is -0.129. The van der Waals surface area contributed by atoms with Crippen LogP contribution in [0, 0.1) is 0 Å². The number of anilines is 2. The largest absolute Gasteiger partial charge is 0.457 e. The monoisotopic (exact) mass is 558 g/mol. The molecule has 3 heterocycles. The molecule has 6 rings (SSSR count). The number of carbonyl (C=O) groups excluding carboxylic acids is 1. The van der Waals surface area contributed by atoms with Crippen molar-refractivity contribution in [1.29, 1.82) is 0 Å². The van der Waals surface area contributed by atoms with E-state index in [1.165, 1.54) is 0 Å². The molecule has 1 amide bonds. The van der Waals surface area contributed by atoms with Gasteiger partial charge in [0.2, 0.25) is 17.7 Å². The molecule has 1 atom stereocenters. The second-order valence-corrected chi connectivity index (χ2v) is 10.6. The Morgan fingerprint density at radius 1 is 0.950 bits per heavy atom. The van der Waals surface area contributed by atoms with E-state index < -0.39 is 0 Å². The van der Waals surface area contributed by atoms with Crippen LogP contribution in [0.1, 0.15) is 12.8 Å². The van der Waals surface area contributed by atoms with E-state index in [-0.39, 0.29) is 11.9 Å². The van der Waals surface area contributed by atoms with E-state index in [0.29, 0.717) is 34.1 Å². The van der Waals surface area contributed by atoms with Crippen LogP contribution < -0.4 is 25.0 Å². The summed E-state index contributed by atoms with van der Waals surface area (Å²) in [6.45, 7) is 4.45. The maximum atomic E-state index is 12.4. The number of aromatic nitrogens is 2. The van der Waals surface area contributed by atoms with Crippen LogP contribution in [0.3, 0.4) is 0 Å². The van der Waals surface area contributed by atoms with Gasteiger partial charge in [0.25, 0.3) is 0 Å². The molecule has 206 valence electrons. The predicted molar refractivity (Wildman–Crippen MR) is 157 cm³/mol. The first-order valence-electron chi connectivity index (χ1n) is 13.5. The molecule has 0 radical (unpaired) electrons. The van der Waals surface area contributed by atoms with Gasteiger partial charge in [0.05, 0.1) is 16.9 Å². The molecular weight excluding hydrogens is 528 g/mol. The number of carbonyl (C=O) groups is 1. The topological polar surface area (TPSA) is 91.9 Å². The van der Waals surface area contributed by atoms with E-state index in [0.717, 1.165) is 62.2 Å². The molecule has 2 aliphatic heterocycles. The average Bonchev–Trinajstić information content (AvgIpc) is 3.50. The summed E-state index contributed by atoms with van der Waals surface area (Å²) in [6.07, 6.45) is 1.88. The lowest BCUT2D eigenvalue weighted by Gasteiger charge is -2.32. The van der Waals surface area contributed by atoms with E-state index in [9.17, 15) is 4.79 Å². The van der Waals surface area contributed by atoms with Crippen molar-refractivity contribution >= 4 is 40.0 Å². The van der Waals surface area contributed by atoms with Gasteiger partial charge < -0.3 is 29.9 Å². The van der Waals surface area contributed by atoms with Crippen molar-refractivity contribution in [3.63, 3.8) is 0 Å². The molecule has 0 unspecified atom stereocenters. The van der Waals surface area contributed by atoms with Crippen LogP contribution >= 0.6 is 11.6 Å². The lowest BCUT2D eigenvalue weighted by molar-refractivity contribution is -0.117. The smallest absolute Gasteiger partial charge is 0.241 e. The van der Waals surface area contributed by atoms with Gasteiger partial charge in [-0.3, -0.25) is 4.79 Å². The normalized spacial score (nSPS) is 17.6. The van der Waals surface area contributed by atoms with Gasteiger partial charge in [-0.15, -0.1) is 0 Å². The summed E-state index contributed by atoms with van der Waals surface area (Å²) < 4.78 is 12.4. The summed E-state index contributed by atoms with van der Waals surface area (Å²) in [5.74, 6) is 2.91. The minimum Gasteiger partial charge on any atom is -0.457 e. The number of nitrogens with zero attached hydrogens (tertiary/aromatic N) is 4. The second kappa shape index (κ2) is 11.7. The fourth-order valence-corrected chi connectivity index (χ4v) is 5.06. The summed E-state index contributed by atoms with van der Waals surface area (Å²) in [7, 11) is 2.12. The van der Waals surface area contributed by atoms with Gasteiger partial charge in [0, 0.05) is 36.9 Å². The number of amides is 1. The SMILES string of the molecule is CN1CCN(c2nc(Oc3cccc(Cl)c3)c3cc(Oc4ccc(NC(=O)[C@@H]5CCCN5)cc4)ccc3n2)CC1. The number of halogens is 1. The average molecular weight is 559 g/mol. The summed E-state index contributed by atoms with van der Waals surface area (Å²) in [5.41, 5.74) is 1.48. The minimum absolute atomic E-state index is 0.0103. The number of likely N-dealkylation sites (N-methyl/N-ethyl adjacent to an activating group) is 1. The van der Waals surface area contributed by atoms with Crippen molar-refractivity contribution in [2.24, 2.45) is 0 Å². The Morgan fingerprint density at radius 2 is 1.73 bits per heavy atom. The van der Waals surface area contributed by atoms with Gasteiger partial charge in [0.1, 0.15) is 17.2 Å². The highest BCUT2D eigenvalue weighted by atomic mass is 35.5. The van der Waals surface area contributed by atoms with Crippen molar-refractivity contribution < 1.29 is 14.3 Å². The van der Waals surface area contributed by atoms with Gasteiger partial charge >= 0.3 is 0 Å². The Labute approximate surface area is 238 Å². The summed E-state index contributed by atoms with van der Waals surface area (Å²) in [5, 5.41) is 7.48. The molecule has 2 N–H and O–H groups in total. The number of fused-ring (bicyclic) bond motifs is 1. The van der Waals surface area contributed by atoms with Crippen molar-refractivity contribution in [2.45, 2.75) is 18.9 Å². The highest BCUT2D eigenvalue weighted by Gasteiger charge is 2.22. The zero-order chi connectivity index (χ0) is 27.5. The van der Waals surface area contributed by atoms with Gasteiger partial charge in [-0.1, -0.05) is 17.7 Å². The quantitative estimate of drug-likeness (QED) is 0.315. The van der Waals surface area contributed by atoms with E-state index in [2.05, 4.69) is 27.5 Å². The number of nitrogens with one attached hydrogen (secondary N) is 2. The van der Waals surface area contributed by atoms with E-state index in [4.69, 9.17) is 31.0 Å². The number of benzene rings is 3. The first kappa shape index (κ1) is 26.3. The molecule has 4 aromatic rings. The Kier molecular flexibility index (Phi) is 7.68. The third kappa shape index (κ3) is 6.12. The highest BCUT2D eigenvalue weighted by molar-refractivity contribution is 6.30. The molecule has 0 saturated carbocycles. The summed E-state index contributed by atoms with van der Waals surface area (Å²) in [4.78, 5) is 26.5. The van der Waals surface area contributed by atoms with Crippen LogP contribution in [-0.2, 0) is 4.79 Å². The lowest BCUT2D eigenvalue weighted by atomic mass is 10.2. The van der Waals surface area contributed by atoms with Crippen LogP contribution in [0.5, 0.6) is 23.1 Å². The molecule has 0 bridgehead atoms. The van der Waals surface area contributed by atoms with Crippen molar-refractivity contribution in [3.8, 4) is 23.1 Å². The fourth-order valence-electron chi connectivity index (χ4n) is 4.88. The molecule has 0 aliphatic carbocycles. The zero-order valence-electron chi connectivity index (χ0n) is 22.3. The predicted octanol–water partition coefficient (Wildman–Crippen LogP) is 5.31. The van der Waals surface area contributed by atoms with Crippen molar-refractivity contribution in [2.75, 3.05) is 50.0 Å². The summed E-state index contributed by atoms with van der Waals surface area (Å²) >= 11 is 6.21. The molecule has 40 heavy (non-hydrogen) atoms. The van der Waals surface area contributed by atoms with E-state index in [1.54, 1.807) is 12.1 Å². The molecule has 9 nitrogen and oxygen atoms in total. The standard InChI is InChI=1S/C30H31ClN6O3/c1-36-14-16-37(17-15-36)30-34-26-12-11-24(19-25(26)29(35-30)40-23-5-2-4-20(31)18-23)39-22-9-7-21(8-10-22)33-28(38)27-6-3-13-32-27/h2,4-5,7-12,18-19,27,32H,3,6,13-17H2,1H3,(H,33,38)/t27-/m0/s1. The maximum Gasteiger partial charge on any atom is 0.241 e. The number of hydrogen-bond acceptors (Lipinski definition) is 8. The fraction of sp³-hybridized carbons (Fsp3) is 0.300.